The third kappa shape index (κ3) is 4.54. The summed E-state index contributed by atoms with van der Waals surface area (Å²) in [4.78, 5) is 18.2. The van der Waals surface area contributed by atoms with E-state index in [4.69, 9.17) is 4.74 Å². The van der Waals surface area contributed by atoms with E-state index < -0.39 is 10.0 Å². The van der Waals surface area contributed by atoms with Crippen molar-refractivity contribution in [1.29, 1.82) is 0 Å². The molecule has 1 fully saturated rings. The Morgan fingerprint density at radius 2 is 1.90 bits per heavy atom. The highest BCUT2D eigenvalue weighted by Gasteiger charge is 2.26. The molecule has 1 aromatic heterocycles. The zero-order valence-corrected chi connectivity index (χ0v) is 18.8. The van der Waals surface area contributed by atoms with Gasteiger partial charge in [0, 0.05) is 35.8 Å². The number of aromatic amines is 1. The largest absolute Gasteiger partial charge is 0.497 e. The first-order valence-electron chi connectivity index (χ1n) is 10.3. The van der Waals surface area contributed by atoms with Gasteiger partial charge in [-0.05, 0) is 67.1 Å². The molecule has 7 nitrogen and oxygen atoms in total. The van der Waals surface area contributed by atoms with Gasteiger partial charge in [-0.3, -0.25) is 9.52 Å². The third-order valence-corrected chi connectivity index (χ3v) is 6.51. The summed E-state index contributed by atoms with van der Waals surface area (Å²) >= 11 is 0. The second-order valence-corrected chi connectivity index (χ2v) is 9.87. The Labute approximate surface area is 182 Å². The maximum absolute atomic E-state index is 13.0. The number of H-pyrrole nitrogens is 1. The fourth-order valence-corrected chi connectivity index (χ4v) is 4.85. The van der Waals surface area contributed by atoms with Crippen molar-refractivity contribution in [3.05, 3.63) is 59.3 Å². The molecule has 0 unspecified atom stereocenters. The molecule has 164 valence electrons. The van der Waals surface area contributed by atoms with E-state index in [0.29, 0.717) is 30.3 Å². The van der Waals surface area contributed by atoms with Crippen LogP contribution in [0.15, 0.2) is 42.6 Å². The first-order valence-corrected chi connectivity index (χ1v) is 12.2. The van der Waals surface area contributed by atoms with Crippen LogP contribution in [0.2, 0.25) is 0 Å². The number of rotatable bonds is 5. The molecule has 3 aromatic rings. The Morgan fingerprint density at radius 3 is 2.58 bits per heavy atom. The van der Waals surface area contributed by atoms with Crippen molar-refractivity contribution in [2.45, 2.75) is 25.7 Å². The van der Waals surface area contributed by atoms with E-state index in [1.807, 2.05) is 24.0 Å². The molecule has 2 N–H and O–H groups in total. The van der Waals surface area contributed by atoms with Crippen molar-refractivity contribution in [3.8, 4) is 5.75 Å². The van der Waals surface area contributed by atoms with Gasteiger partial charge in [-0.25, -0.2) is 8.42 Å². The summed E-state index contributed by atoms with van der Waals surface area (Å²) in [6, 6.07) is 11.2. The van der Waals surface area contributed by atoms with Crippen molar-refractivity contribution in [2.24, 2.45) is 0 Å². The van der Waals surface area contributed by atoms with Crippen LogP contribution < -0.4 is 9.46 Å². The molecule has 1 aliphatic heterocycles. The Kier molecular flexibility index (Phi) is 5.66. The van der Waals surface area contributed by atoms with Gasteiger partial charge in [-0.1, -0.05) is 6.07 Å². The average Bonchev–Trinajstić information content (AvgIpc) is 3.17. The molecule has 0 saturated carbocycles. The highest BCUT2D eigenvalue weighted by Crippen LogP contribution is 2.35. The highest BCUT2D eigenvalue weighted by molar-refractivity contribution is 7.92. The number of aryl methyl sites for hydroxylation is 1. The van der Waals surface area contributed by atoms with Crippen LogP contribution in [0.5, 0.6) is 5.75 Å². The minimum atomic E-state index is -3.41. The number of carbonyl (C=O) groups excluding carboxylic acids is 1. The molecular weight excluding hydrogens is 414 g/mol. The van der Waals surface area contributed by atoms with E-state index in [2.05, 4.69) is 22.0 Å². The number of nitrogens with one attached hydrogen (secondary N) is 2. The highest BCUT2D eigenvalue weighted by atomic mass is 32.2. The molecule has 1 aliphatic rings. The number of benzene rings is 2. The maximum atomic E-state index is 13.0. The minimum Gasteiger partial charge on any atom is -0.497 e. The number of fused-ring (bicyclic) bond motifs is 1. The number of anilines is 1. The van der Waals surface area contributed by atoms with E-state index >= 15 is 0 Å². The number of piperidine rings is 1. The third-order valence-electron chi connectivity index (χ3n) is 5.92. The number of hydrogen-bond donors (Lipinski definition) is 2. The standard InChI is InChI=1S/C23H27N3O4S/c1-15-4-5-17(12-22(15)25-31(3,28)29)23(27)26-10-8-16(9-11-26)20-14-24-21-7-6-18(30-2)13-19(20)21/h4-7,12-14,16,24-25H,8-11H2,1-3H3. The minimum absolute atomic E-state index is 0.0735. The Morgan fingerprint density at radius 1 is 1.16 bits per heavy atom. The number of ether oxygens (including phenoxy) is 1. The molecule has 1 saturated heterocycles. The van der Waals surface area contributed by atoms with Crippen molar-refractivity contribution >= 4 is 32.5 Å². The van der Waals surface area contributed by atoms with E-state index in [1.54, 1.807) is 25.3 Å². The monoisotopic (exact) mass is 441 g/mol. The van der Waals surface area contributed by atoms with Crippen LogP contribution in [0.4, 0.5) is 5.69 Å². The lowest BCUT2D eigenvalue weighted by atomic mass is 9.89. The van der Waals surface area contributed by atoms with E-state index in [9.17, 15) is 13.2 Å². The van der Waals surface area contributed by atoms with Crippen molar-refractivity contribution in [2.75, 3.05) is 31.2 Å². The predicted octanol–water partition coefficient (Wildman–Crippen LogP) is 3.88. The molecule has 1 amide bonds. The molecule has 0 atom stereocenters. The zero-order chi connectivity index (χ0) is 22.2. The zero-order valence-electron chi connectivity index (χ0n) is 17.9. The lowest BCUT2D eigenvalue weighted by Gasteiger charge is -2.32. The first-order chi connectivity index (χ1) is 14.7. The van der Waals surface area contributed by atoms with Gasteiger partial charge in [0.25, 0.3) is 5.91 Å². The number of carbonyl (C=O) groups is 1. The topological polar surface area (TPSA) is 91.5 Å². The summed E-state index contributed by atoms with van der Waals surface area (Å²) in [6.07, 6.45) is 4.91. The van der Waals surface area contributed by atoms with Crippen LogP contribution in [0.3, 0.4) is 0 Å². The van der Waals surface area contributed by atoms with Gasteiger partial charge < -0.3 is 14.6 Å². The summed E-state index contributed by atoms with van der Waals surface area (Å²) in [5.41, 5.74) is 4.05. The number of amides is 1. The fourth-order valence-electron chi connectivity index (χ4n) is 4.23. The van der Waals surface area contributed by atoms with Crippen LogP contribution in [-0.2, 0) is 10.0 Å². The molecule has 0 aliphatic carbocycles. The summed E-state index contributed by atoms with van der Waals surface area (Å²) in [5.74, 6) is 1.12. The van der Waals surface area contributed by atoms with Gasteiger partial charge >= 0.3 is 0 Å². The molecule has 2 heterocycles. The van der Waals surface area contributed by atoms with Crippen molar-refractivity contribution in [3.63, 3.8) is 0 Å². The number of nitrogens with zero attached hydrogens (tertiary/aromatic N) is 1. The van der Waals surface area contributed by atoms with E-state index in [0.717, 1.165) is 35.9 Å². The van der Waals surface area contributed by atoms with Crippen LogP contribution in [0, 0.1) is 6.92 Å². The molecule has 2 aromatic carbocycles. The van der Waals surface area contributed by atoms with Gasteiger partial charge in [0.15, 0.2) is 0 Å². The summed E-state index contributed by atoms with van der Waals surface area (Å²) < 4.78 is 31.1. The number of hydrogen-bond acceptors (Lipinski definition) is 4. The average molecular weight is 442 g/mol. The Bertz CT molecular complexity index is 1220. The van der Waals surface area contributed by atoms with Crippen LogP contribution in [-0.4, -0.2) is 50.7 Å². The van der Waals surface area contributed by atoms with Crippen LogP contribution in [0.1, 0.15) is 40.2 Å². The predicted molar refractivity (Wildman–Crippen MR) is 122 cm³/mol. The molecule has 0 radical (unpaired) electrons. The van der Waals surface area contributed by atoms with Crippen LogP contribution in [0.25, 0.3) is 10.9 Å². The fraction of sp³-hybridized carbons (Fsp3) is 0.348. The molecule has 8 heteroatoms. The maximum Gasteiger partial charge on any atom is 0.253 e. The summed E-state index contributed by atoms with van der Waals surface area (Å²) in [6.45, 7) is 3.12. The van der Waals surface area contributed by atoms with Gasteiger partial charge in [0.05, 0.1) is 19.1 Å². The van der Waals surface area contributed by atoms with Crippen molar-refractivity contribution in [1.82, 2.24) is 9.88 Å². The molecule has 0 spiro atoms. The SMILES string of the molecule is COc1ccc2[nH]cc(C3CCN(C(=O)c4ccc(C)c(NS(C)(=O)=O)c4)CC3)c2c1. The van der Waals surface area contributed by atoms with Gasteiger partial charge in [0.1, 0.15) is 5.75 Å². The van der Waals surface area contributed by atoms with E-state index in [-0.39, 0.29) is 5.91 Å². The van der Waals surface area contributed by atoms with Crippen molar-refractivity contribution < 1.29 is 17.9 Å². The Balaban J connectivity index is 1.48. The Hall–Kier alpha value is -3.00. The number of likely N-dealkylation sites (tertiary alicyclic amines) is 1. The van der Waals surface area contributed by atoms with Gasteiger partial charge in [-0.2, -0.15) is 0 Å². The molecule has 4 rings (SSSR count). The smallest absolute Gasteiger partial charge is 0.253 e. The van der Waals surface area contributed by atoms with E-state index in [1.165, 1.54) is 10.9 Å². The molecule has 0 bridgehead atoms. The van der Waals surface area contributed by atoms with Gasteiger partial charge in [-0.15, -0.1) is 0 Å². The number of aromatic nitrogens is 1. The lowest BCUT2D eigenvalue weighted by molar-refractivity contribution is 0.0713. The second-order valence-electron chi connectivity index (χ2n) is 8.13. The summed E-state index contributed by atoms with van der Waals surface area (Å²) in [7, 11) is -1.74. The second kappa shape index (κ2) is 8.26. The normalized spacial score (nSPS) is 15.3. The quantitative estimate of drug-likeness (QED) is 0.629. The molecular formula is C23H27N3O4S. The first kappa shape index (κ1) is 21.2. The van der Waals surface area contributed by atoms with Crippen LogP contribution >= 0.6 is 0 Å². The van der Waals surface area contributed by atoms with Gasteiger partial charge in [0.2, 0.25) is 10.0 Å². The number of methoxy groups -OCH3 is 1. The molecule has 31 heavy (non-hydrogen) atoms. The summed E-state index contributed by atoms with van der Waals surface area (Å²) in [5, 5.41) is 1.17. The number of sulfonamides is 1. The lowest BCUT2D eigenvalue weighted by Crippen LogP contribution is -2.38.